The van der Waals surface area contributed by atoms with E-state index in [0.717, 1.165) is 32.7 Å². The lowest BCUT2D eigenvalue weighted by molar-refractivity contribution is -0.114. The molecule has 0 aliphatic carbocycles. The number of piperazine rings is 1. The third-order valence-corrected chi connectivity index (χ3v) is 4.42. The smallest absolute Gasteiger partial charge is 0.274 e. The Balaban J connectivity index is 1.68. The van der Waals surface area contributed by atoms with Gasteiger partial charge in [-0.15, -0.1) is 0 Å². The molecule has 2 aromatic rings. The van der Waals surface area contributed by atoms with E-state index < -0.39 is 0 Å². The van der Waals surface area contributed by atoms with E-state index in [2.05, 4.69) is 37.3 Å². The van der Waals surface area contributed by atoms with E-state index in [-0.39, 0.29) is 11.8 Å². The zero-order valence-electron chi connectivity index (χ0n) is 15.6. The highest BCUT2D eigenvalue weighted by Crippen LogP contribution is 2.17. The lowest BCUT2D eigenvalue weighted by Crippen LogP contribution is -2.46. The Hall–Kier alpha value is -3.00. The number of hydrogen-bond donors (Lipinski definition) is 2. The molecule has 1 aliphatic rings. The maximum absolute atomic E-state index is 12.6. The highest BCUT2D eigenvalue weighted by molar-refractivity contribution is 6.03. The number of nitrogens with zero attached hydrogens (tertiary/aromatic N) is 4. The normalized spacial score (nSPS) is 14.7. The molecule has 0 radical (unpaired) electrons. The lowest BCUT2D eigenvalue weighted by Gasteiger charge is -2.34. The summed E-state index contributed by atoms with van der Waals surface area (Å²) in [6.45, 7) is 8.24. The molecule has 8 nitrogen and oxygen atoms in total. The maximum Gasteiger partial charge on any atom is 0.274 e. The minimum absolute atomic E-state index is 0.165. The van der Waals surface area contributed by atoms with Crippen LogP contribution < -0.4 is 15.5 Å². The number of carbonyl (C=O) groups is 2. The van der Waals surface area contributed by atoms with E-state index in [0.29, 0.717) is 23.0 Å². The van der Waals surface area contributed by atoms with Crippen molar-refractivity contribution in [3.05, 3.63) is 42.2 Å². The first-order valence-corrected chi connectivity index (χ1v) is 9.04. The number of carbonyl (C=O) groups excluding carboxylic acids is 2. The number of amides is 2. The molecular weight excluding hydrogens is 344 g/mol. The first kappa shape index (κ1) is 18.8. The SMILES string of the molecule is CCN1CCN(c2nccc(C(=O)Nc3cccc(NC(C)=O)c3)n2)CC1. The van der Waals surface area contributed by atoms with Gasteiger partial charge in [-0.3, -0.25) is 9.59 Å². The molecule has 142 valence electrons. The van der Waals surface area contributed by atoms with Crippen molar-refractivity contribution in [2.24, 2.45) is 0 Å². The largest absolute Gasteiger partial charge is 0.338 e. The molecule has 0 spiro atoms. The van der Waals surface area contributed by atoms with Crippen LogP contribution in [0.1, 0.15) is 24.3 Å². The standard InChI is InChI=1S/C19H24N6O2/c1-3-24-9-11-25(12-10-24)19-20-8-7-17(23-19)18(27)22-16-6-4-5-15(13-16)21-14(2)26/h4-8,13H,3,9-12H2,1-2H3,(H,21,26)(H,22,27). The molecule has 2 N–H and O–H groups in total. The van der Waals surface area contributed by atoms with Crippen LogP contribution in [0.2, 0.25) is 0 Å². The average molecular weight is 368 g/mol. The van der Waals surface area contributed by atoms with Crippen LogP contribution in [0.5, 0.6) is 0 Å². The summed E-state index contributed by atoms with van der Waals surface area (Å²) >= 11 is 0. The van der Waals surface area contributed by atoms with Crippen LogP contribution in [0.25, 0.3) is 0 Å². The molecule has 8 heteroatoms. The molecule has 1 fully saturated rings. The molecular formula is C19H24N6O2. The van der Waals surface area contributed by atoms with Crippen molar-refractivity contribution in [1.82, 2.24) is 14.9 Å². The number of nitrogens with one attached hydrogen (secondary N) is 2. The van der Waals surface area contributed by atoms with Crippen LogP contribution in [-0.4, -0.2) is 59.4 Å². The summed E-state index contributed by atoms with van der Waals surface area (Å²) in [5.41, 5.74) is 1.52. The van der Waals surface area contributed by atoms with E-state index in [4.69, 9.17) is 0 Å². The van der Waals surface area contributed by atoms with E-state index in [9.17, 15) is 9.59 Å². The first-order valence-electron chi connectivity index (χ1n) is 9.04. The summed E-state index contributed by atoms with van der Waals surface area (Å²) < 4.78 is 0. The highest BCUT2D eigenvalue weighted by atomic mass is 16.2. The molecule has 0 atom stereocenters. The van der Waals surface area contributed by atoms with Gasteiger partial charge < -0.3 is 20.4 Å². The van der Waals surface area contributed by atoms with E-state index in [1.807, 2.05) is 0 Å². The Kier molecular flexibility index (Phi) is 5.97. The van der Waals surface area contributed by atoms with Gasteiger partial charge in [0.15, 0.2) is 0 Å². The Bertz CT molecular complexity index is 817. The highest BCUT2D eigenvalue weighted by Gasteiger charge is 2.19. The van der Waals surface area contributed by atoms with Gasteiger partial charge in [-0.25, -0.2) is 9.97 Å². The average Bonchev–Trinajstić information content (AvgIpc) is 2.68. The summed E-state index contributed by atoms with van der Waals surface area (Å²) in [5, 5.41) is 5.50. The number of rotatable bonds is 5. The summed E-state index contributed by atoms with van der Waals surface area (Å²) in [5.74, 6) is 0.0957. The van der Waals surface area contributed by atoms with E-state index >= 15 is 0 Å². The zero-order valence-corrected chi connectivity index (χ0v) is 15.6. The fraction of sp³-hybridized carbons (Fsp3) is 0.368. The van der Waals surface area contributed by atoms with Gasteiger partial charge in [-0.05, 0) is 30.8 Å². The lowest BCUT2D eigenvalue weighted by atomic mass is 10.2. The van der Waals surface area contributed by atoms with Crippen LogP contribution in [0.15, 0.2) is 36.5 Å². The van der Waals surface area contributed by atoms with Crippen molar-refractivity contribution in [3.63, 3.8) is 0 Å². The fourth-order valence-electron chi connectivity index (χ4n) is 2.96. The van der Waals surface area contributed by atoms with Crippen molar-refractivity contribution in [2.75, 3.05) is 48.3 Å². The van der Waals surface area contributed by atoms with Gasteiger partial charge in [0.1, 0.15) is 5.69 Å². The summed E-state index contributed by atoms with van der Waals surface area (Å²) in [4.78, 5) is 37.0. The Morgan fingerprint density at radius 1 is 1.07 bits per heavy atom. The van der Waals surface area contributed by atoms with Gasteiger partial charge in [0.25, 0.3) is 5.91 Å². The van der Waals surface area contributed by atoms with Crippen LogP contribution in [0, 0.1) is 0 Å². The van der Waals surface area contributed by atoms with E-state index in [1.165, 1.54) is 6.92 Å². The maximum atomic E-state index is 12.6. The zero-order chi connectivity index (χ0) is 19.2. The van der Waals surface area contributed by atoms with Crippen LogP contribution in [0.3, 0.4) is 0 Å². The van der Waals surface area contributed by atoms with Crippen molar-refractivity contribution in [2.45, 2.75) is 13.8 Å². The molecule has 1 aromatic heterocycles. The molecule has 0 unspecified atom stereocenters. The fourth-order valence-corrected chi connectivity index (χ4v) is 2.96. The molecule has 1 aliphatic heterocycles. The predicted molar refractivity (Wildman–Crippen MR) is 105 cm³/mol. The molecule has 0 saturated carbocycles. The Morgan fingerprint density at radius 2 is 1.78 bits per heavy atom. The minimum atomic E-state index is -0.314. The summed E-state index contributed by atoms with van der Waals surface area (Å²) in [6, 6.07) is 8.58. The van der Waals surface area contributed by atoms with Crippen molar-refractivity contribution in [1.29, 1.82) is 0 Å². The Morgan fingerprint density at radius 3 is 2.44 bits per heavy atom. The molecule has 0 bridgehead atoms. The van der Waals surface area contributed by atoms with Gasteiger partial charge in [0, 0.05) is 50.7 Å². The van der Waals surface area contributed by atoms with Gasteiger partial charge in [-0.1, -0.05) is 13.0 Å². The van der Waals surface area contributed by atoms with Gasteiger partial charge >= 0.3 is 0 Å². The second-order valence-corrected chi connectivity index (χ2v) is 6.38. The number of likely N-dealkylation sites (N-methyl/N-ethyl adjacent to an activating group) is 1. The molecule has 3 rings (SSSR count). The topological polar surface area (TPSA) is 90.5 Å². The molecule has 1 aromatic carbocycles. The van der Waals surface area contributed by atoms with Crippen molar-refractivity contribution in [3.8, 4) is 0 Å². The predicted octanol–water partition coefficient (Wildman–Crippen LogP) is 1.83. The second-order valence-electron chi connectivity index (χ2n) is 6.38. The van der Waals surface area contributed by atoms with Gasteiger partial charge in [0.05, 0.1) is 0 Å². The molecule has 2 heterocycles. The van der Waals surface area contributed by atoms with Crippen LogP contribution >= 0.6 is 0 Å². The Labute approximate surface area is 158 Å². The van der Waals surface area contributed by atoms with Crippen molar-refractivity contribution >= 4 is 29.1 Å². The minimum Gasteiger partial charge on any atom is -0.338 e. The third kappa shape index (κ3) is 5.01. The first-order chi connectivity index (χ1) is 13.0. The quantitative estimate of drug-likeness (QED) is 0.837. The van der Waals surface area contributed by atoms with Crippen molar-refractivity contribution < 1.29 is 9.59 Å². The third-order valence-electron chi connectivity index (χ3n) is 4.42. The summed E-state index contributed by atoms with van der Waals surface area (Å²) in [6.07, 6.45) is 1.61. The van der Waals surface area contributed by atoms with Crippen LogP contribution in [-0.2, 0) is 4.79 Å². The molecule has 1 saturated heterocycles. The van der Waals surface area contributed by atoms with Gasteiger partial charge in [0.2, 0.25) is 11.9 Å². The summed E-state index contributed by atoms with van der Waals surface area (Å²) in [7, 11) is 0. The number of aromatic nitrogens is 2. The van der Waals surface area contributed by atoms with Gasteiger partial charge in [-0.2, -0.15) is 0 Å². The molecule has 27 heavy (non-hydrogen) atoms. The number of anilines is 3. The number of hydrogen-bond acceptors (Lipinski definition) is 6. The second kappa shape index (κ2) is 8.59. The van der Waals surface area contributed by atoms with Crippen LogP contribution in [0.4, 0.5) is 17.3 Å². The van der Waals surface area contributed by atoms with E-state index in [1.54, 1.807) is 36.5 Å². The molecule has 2 amide bonds. The number of benzene rings is 1. The monoisotopic (exact) mass is 368 g/mol.